The number of hydrogen-bond donors (Lipinski definition) is 3. The third-order valence-electron chi connectivity index (χ3n) is 12.1. The van der Waals surface area contributed by atoms with Crippen LogP contribution in [0.25, 0.3) is 10.8 Å². The Morgan fingerprint density at radius 2 is 1.76 bits per heavy atom. The average molecular weight is 852 g/mol. The highest BCUT2D eigenvalue weighted by Gasteiger charge is 2.63. The largest absolute Gasteiger partial charge is 0.497 e. The zero-order chi connectivity index (χ0) is 43.3. The SMILES string of the molecule is COc1ccc2c(O[C@@H]3C[C@H]4C(=O)N[C@]5(C(=O)NS(=O)(=O)C6(C)CC6)C[C@H]5/C=C/CC[C@@H](C)C[C@@H](C)[C@H](NC(=O)OC(C)(C)C(F)(F)F)C(=O)N4C3)ncc(OC)c2c1. The van der Waals surface area contributed by atoms with Gasteiger partial charge in [0.1, 0.15) is 35.2 Å². The van der Waals surface area contributed by atoms with E-state index in [1.807, 2.05) is 13.0 Å². The van der Waals surface area contributed by atoms with E-state index in [1.165, 1.54) is 32.2 Å². The van der Waals surface area contributed by atoms with Crippen molar-refractivity contribution >= 4 is 44.6 Å². The molecule has 4 amide bonds. The molecule has 15 nitrogen and oxygen atoms in total. The van der Waals surface area contributed by atoms with E-state index in [1.54, 1.807) is 31.2 Å². The molecule has 0 spiro atoms. The number of methoxy groups -OCH3 is 2. The fraction of sp³-hybridized carbons (Fsp3) is 0.625. The molecule has 1 aromatic heterocycles. The molecule has 6 rings (SSSR count). The normalized spacial score (nSPS) is 29.1. The number of nitrogens with one attached hydrogen (secondary N) is 3. The molecule has 19 heteroatoms. The van der Waals surface area contributed by atoms with Crippen LogP contribution in [-0.2, 0) is 29.1 Å². The van der Waals surface area contributed by atoms with Gasteiger partial charge in [-0.05, 0) is 89.3 Å². The number of hydrogen-bond acceptors (Lipinski definition) is 11. The standard InChI is InChI=1S/C40H52F3N5O10S/c1-22-10-8-9-11-24-19-39(24,35(51)47-59(53,54)38(5)14-15-38)46-32(49)29-18-26(57-33-27-13-12-25(55-6)17-28(27)30(56-7)20-44-33)21-48(29)34(50)31(23(2)16-22)45-36(52)58-37(3,4)40(41,42)43/h9,11-13,17,20,22-24,26,29,31H,8,10,14-16,18-19,21H2,1-7H3,(H,45,52)(H,46,49)(H,47,51)/b11-9+/t22-,23-,24-,26-,29+,31+,39-/m1/s1. The number of pyridine rings is 1. The number of aromatic nitrogens is 1. The molecule has 4 aliphatic rings. The first-order chi connectivity index (χ1) is 27.5. The quantitative estimate of drug-likeness (QED) is 0.290. The Morgan fingerprint density at radius 1 is 1.05 bits per heavy atom. The summed E-state index contributed by atoms with van der Waals surface area (Å²) in [6, 6.07) is 2.34. The monoisotopic (exact) mass is 851 g/mol. The number of allylic oxidation sites excluding steroid dienone is 1. The van der Waals surface area contributed by atoms with Crippen LogP contribution in [0.1, 0.15) is 79.6 Å². The van der Waals surface area contributed by atoms with Crippen LogP contribution < -0.4 is 29.6 Å². The third-order valence-corrected chi connectivity index (χ3v) is 14.2. The van der Waals surface area contributed by atoms with Crippen molar-refractivity contribution in [2.45, 2.75) is 120 Å². The number of carbonyl (C=O) groups excluding carboxylic acids is 4. The van der Waals surface area contributed by atoms with Gasteiger partial charge in [-0.15, -0.1) is 0 Å². The maximum Gasteiger partial charge on any atom is 0.427 e. The molecule has 2 saturated carbocycles. The topological polar surface area (TPSA) is 192 Å². The Bertz CT molecular complexity index is 2130. The molecule has 59 heavy (non-hydrogen) atoms. The predicted octanol–water partition coefficient (Wildman–Crippen LogP) is 4.92. The fourth-order valence-electron chi connectivity index (χ4n) is 7.75. The Morgan fingerprint density at radius 3 is 2.41 bits per heavy atom. The minimum atomic E-state index is -4.92. The van der Waals surface area contributed by atoms with Gasteiger partial charge >= 0.3 is 12.3 Å². The van der Waals surface area contributed by atoms with Crippen molar-refractivity contribution < 1.29 is 59.7 Å². The average Bonchev–Trinajstić information content (AvgIpc) is 4.04. The van der Waals surface area contributed by atoms with Crippen molar-refractivity contribution in [3.63, 3.8) is 0 Å². The summed E-state index contributed by atoms with van der Waals surface area (Å²) < 4.78 is 90.8. The number of rotatable bonds is 9. The summed E-state index contributed by atoms with van der Waals surface area (Å²) in [5, 5.41) is 6.29. The maximum atomic E-state index is 14.8. The van der Waals surface area contributed by atoms with Crippen LogP contribution in [-0.4, -0.2) is 103 Å². The number of nitrogens with zero attached hydrogens (tertiary/aromatic N) is 2. The van der Waals surface area contributed by atoms with Crippen molar-refractivity contribution in [1.82, 2.24) is 25.2 Å². The molecule has 2 aliphatic carbocycles. The fourth-order valence-corrected chi connectivity index (χ4v) is 9.07. The van der Waals surface area contributed by atoms with E-state index in [2.05, 4.69) is 20.3 Å². The van der Waals surface area contributed by atoms with Crippen LogP contribution in [0.3, 0.4) is 0 Å². The van der Waals surface area contributed by atoms with Gasteiger partial charge in [0.25, 0.3) is 5.91 Å². The highest BCUT2D eigenvalue weighted by Crippen LogP contribution is 2.48. The first-order valence-electron chi connectivity index (χ1n) is 19.6. The van der Waals surface area contributed by atoms with Gasteiger partial charge in [0.05, 0.1) is 31.7 Å². The number of carbonyl (C=O) groups is 4. The van der Waals surface area contributed by atoms with Crippen molar-refractivity contribution in [2.75, 3.05) is 20.8 Å². The Kier molecular flexibility index (Phi) is 11.9. The van der Waals surface area contributed by atoms with Gasteiger partial charge in [-0.1, -0.05) is 26.0 Å². The van der Waals surface area contributed by atoms with E-state index >= 15 is 0 Å². The van der Waals surface area contributed by atoms with E-state index in [-0.39, 0.29) is 31.2 Å². The van der Waals surface area contributed by atoms with E-state index in [0.717, 1.165) is 0 Å². The lowest BCUT2D eigenvalue weighted by Crippen LogP contribution is -2.59. The van der Waals surface area contributed by atoms with E-state index in [0.29, 0.717) is 68.2 Å². The summed E-state index contributed by atoms with van der Waals surface area (Å²) in [6.45, 7) is 6.29. The molecule has 2 aromatic rings. The van der Waals surface area contributed by atoms with Crippen molar-refractivity contribution in [3.8, 4) is 17.4 Å². The number of ether oxygens (including phenoxy) is 4. The van der Waals surface area contributed by atoms with Gasteiger partial charge in [-0.3, -0.25) is 19.1 Å². The number of amides is 4. The number of halogens is 3. The minimum absolute atomic E-state index is 0.0468. The third kappa shape index (κ3) is 8.89. The van der Waals surface area contributed by atoms with E-state index < -0.39 is 85.9 Å². The van der Waals surface area contributed by atoms with Gasteiger partial charge < -0.3 is 34.5 Å². The molecular formula is C40H52F3N5O10S. The molecule has 324 valence electrons. The highest BCUT2D eigenvalue weighted by atomic mass is 32.2. The second kappa shape index (κ2) is 16.0. The second-order valence-corrected chi connectivity index (χ2v) is 19.2. The number of fused-ring (bicyclic) bond motifs is 3. The Balaban J connectivity index is 1.36. The molecule has 0 radical (unpaired) electrons. The van der Waals surface area contributed by atoms with Gasteiger partial charge in [-0.2, -0.15) is 13.2 Å². The first-order valence-corrected chi connectivity index (χ1v) is 21.1. The minimum Gasteiger partial charge on any atom is -0.497 e. The summed E-state index contributed by atoms with van der Waals surface area (Å²) in [5.74, 6) is -2.65. The number of sulfonamides is 1. The van der Waals surface area contributed by atoms with Gasteiger partial charge in [0.2, 0.25) is 33.3 Å². The van der Waals surface area contributed by atoms with E-state index in [4.69, 9.17) is 18.9 Å². The number of alkyl halides is 3. The molecule has 3 heterocycles. The van der Waals surface area contributed by atoms with E-state index in [9.17, 15) is 40.8 Å². The zero-order valence-corrected chi connectivity index (χ0v) is 34.9. The molecule has 7 atom stereocenters. The molecule has 1 saturated heterocycles. The number of alkyl carbamates (subject to hydrolysis) is 1. The lowest BCUT2D eigenvalue weighted by molar-refractivity contribution is -0.244. The van der Waals surface area contributed by atoms with Crippen LogP contribution in [0, 0.1) is 17.8 Å². The molecule has 0 unspecified atom stereocenters. The molecule has 0 bridgehead atoms. The van der Waals surface area contributed by atoms with Gasteiger partial charge in [0.15, 0.2) is 0 Å². The van der Waals surface area contributed by atoms with Crippen LogP contribution in [0.2, 0.25) is 0 Å². The van der Waals surface area contributed by atoms with Gasteiger partial charge in [0, 0.05) is 23.1 Å². The summed E-state index contributed by atoms with van der Waals surface area (Å²) >= 11 is 0. The van der Waals surface area contributed by atoms with Crippen LogP contribution in [0.15, 0.2) is 36.5 Å². The molecule has 2 aliphatic heterocycles. The maximum absolute atomic E-state index is 14.8. The van der Waals surface area contributed by atoms with Crippen LogP contribution in [0.5, 0.6) is 17.4 Å². The lowest BCUT2D eigenvalue weighted by Gasteiger charge is -2.34. The van der Waals surface area contributed by atoms with Gasteiger partial charge in [-0.25, -0.2) is 18.2 Å². The summed E-state index contributed by atoms with van der Waals surface area (Å²) in [5.41, 5.74) is -4.55. The zero-order valence-electron chi connectivity index (χ0n) is 34.1. The summed E-state index contributed by atoms with van der Waals surface area (Å²) in [7, 11) is -1.10. The van der Waals surface area contributed by atoms with Crippen LogP contribution in [0.4, 0.5) is 18.0 Å². The Labute approximate surface area is 341 Å². The van der Waals surface area contributed by atoms with Crippen molar-refractivity contribution in [1.29, 1.82) is 0 Å². The Hall–Kier alpha value is -4.81. The van der Waals surface area contributed by atoms with Crippen LogP contribution >= 0.6 is 0 Å². The number of benzene rings is 1. The molecule has 3 fully saturated rings. The highest BCUT2D eigenvalue weighted by molar-refractivity contribution is 7.91. The predicted molar refractivity (Wildman–Crippen MR) is 208 cm³/mol. The van der Waals surface area contributed by atoms with Crippen molar-refractivity contribution in [2.24, 2.45) is 17.8 Å². The molecule has 1 aromatic carbocycles. The lowest BCUT2D eigenvalue weighted by atomic mass is 9.88. The summed E-state index contributed by atoms with van der Waals surface area (Å²) in [4.78, 5) is 62.0. The smallest absolute Gasteiger partial charge is 0.427 e. The van der Waals surface area contributed by atoms with Crippen molar-refractivity contribution in [3.05, 3.63) is 36.5 Å². The molecular weight excluding hydrogens is 800 g/mol. The summed E-state index contributed by atoms with van der Waals surface area (Å²) in [6.07, 6.45) is -0.0235. The second-order valence-electron chi connectivity index (χ2n) is 17.0. The first kappa shape index (κ1) is 43.8. The molecule has 3 N–H and O–H groups in total.